The normalized spacial score (nSPS) is 11.4. The maximum absolute atomic E-state index is 11.9. The first-order valence-electron chi connectivity index (χ1n) is 4.81. The largest absolute Gasteiger partial charge is 0.357 e. The number of para-hydroxylation sites is 1. The van der Waals surface area contributed by atoms with E-state index < -0.39 is 6.43 Å². The third-order valence-corrected chi connectivity index (χ3v) is 2.20. The molecule has 0 spiro atoms. The number of aromatic nitrogens is 1. The second-order valence-corrected chi connectivity index (χ2v) is 3.40. The van der Waals surface area contributed by atoms with Crippen molar-refractivity contribution in [1.82, 2.24) is 10.3 Å². The smallest absolute Gasteiger partial charge is 0.250 e. The molecule has 0 aliphatic carbocycles. The molecular formula is C11H12F2N2. The summed E-state index contributed by atoms with van der Waals surface area (Å²) in [5.41, 5.74) is 1.96. The summed E-state index contributed by atoms with van der Waals surface area (Å²) in [6.07, 6.45) is -2.30. The lowest BCUT2D eigenvalue weighted by Gasteiger charge is -2.00. The van der Waals surface area contributed by atoms with Crippen molar-refractivity contribution in [3.05, 3.63) is 36.0 Å². The Morgan fingerprint density at radius 3 is 2.80 bits per heavy atom. The van der Waals surface area contributed by atoms with E-state index in [9.17, 15) is 8.78 Å². The number of hydrogen-bond acceptors (Lipinski definition) is 1. The van der Waals surface area contributed by atoms with E-state index in [2.05, 4.69) is 10.3 Å². The zero-order valence-electron chi connectivity index (χ0n) is 8.13. The quantitative estimate of drug-likeness (QED) is 0.797. The summed E-state index contributed by atoms with van der Waals surface area (Å²) >= 11 is 0. The summed E-state index contributed by atoms with van der Waals surface area (Å²) in [7, 11) is 0. The first-order chi connectivity index (χ1) is 7.25. The standard InChI is InChI=1S/C11H12F2N2/c12-11(13)7-14-6-9-5-8-3-1-2-4-10(8)15-9/h1-5,11,14-15H,6-7H2. The molecule has 2 aromatic rings. The molecule has 2 nitrogen and oxygen atoms in total. The molecule has 4 heteroatoms. The Hall–Kier alpha value is -1.42. The monoisotopic (exact) mass is 210 g/mol. The summed E-state index contributed by atoms with van der Waals surface area (Å²) < 4.78 is 23.7. The highest BCUT2D eigenvalue weighted by atomic mass is 19.3. The molecule has 0 aliphatic heterocycles. The van der Waals surface area contributed by atoms with Gasteiger partial charge in [-0.25, -0.2) is 8.78 Å². The van der Waals surface area contributed by atoms with Crippen molar-refractivity contribution in [1.29, 1.82) is 0 Å². The molecule has 0 unspecified atom stereocenters. The van der Waals surface area contributed by atoms with Crippen molar-refractivity contribution in [2.75, 3.05) is 6.54 Å². The molecule has 1 aromatic heterocycles. The van der Waals surface area contributed by atoms with Crippen LogP contribution < -0.4 is 5.32 Å². The number of hydrogen-bond donors (Lipinski definition) is 2. The molecule has 2 N–H and O–H groups in total. The molecule has 0 fully saturated rings. The molecule has 80 valence electrons. The molecule has 15 heavy (non-hydrogen) atoms. The average molecular weight is 210 g/mol. The zero-order chi connectivity index (χ0) is 10.7. The van der Waals surface area contributed by atoms with Gasteiger partial charge in [-0.05, 0) is 17.5 Å². The van der Waals surface area contributed by atoms with E-state index in [0.29, 0.717) is 6.54 Å². The Bertz CT molecular complexity index is 404. The van der Waals surface area contributed by atoms with Crippen LogP contribution in [-0.2, 0) is 6.54 Å². The number of fused-ring (bicyclic) bond motifs is 1. The number of benzene rings is 1. The van der Waals surface area contributed by atoms with Crippen LogP contribution >= 0.6 is 0 Å². The van der Waals surface area contributed by atoms with Crippen molar-refractivity contribution in [3.8, 4) is 0 Å². The van der Waals surface area contributed by atoms with Gasteiger partial charge in [0.05, 0.1) is 6.54 Å². The third kappa shape index (κ3) is 2.53. The number of nitrogens with one attached hydrogen (secondary N) is 2. The lowest BCUT2D eigenvalue weighted by atomic mass is 10.2. The van der Waals surface area contributed by atoms with Gasteiger partial charge in [-0.15, -0.1) is 0 Å². The van der Waals surface area contributed by atoms with E-state index >= 15 is 0 Å². The average Bonchev–Trinajstić information content (AvgIpc) is 2.59. The van der Waals surface area contributed by atoms with Crippen LogP contribution in [0.25, 0.3) is 10.9 Å². The molecule has 1 aromatic carbocycles. The minimum atomic E-state index is -2.30. The molecule has 0 saturated carbocycles. The molecule has 0 saturated heterocycles. The van der Waals surface area contributed by atoms with Crippen LogP contribution in [0.15, 0.2) is 30.3 Å². The third-order valence-electron chi connectivity index (χ3n) is 2.20. The van der Waals surface area contributed by atoms with Crippen LogP contribution in [0.1, 0.15) is 5.69 Å². The highest BCUT2D eigenvalue weighted by Gasteiger charge is 2.02. The Balaban J connectivity index is 2.03. The fraction of sp³-hybridized carbons (Fsp3) is 0.273. The van der Waals surface area contributed by atoms with E-state index in [1.165, 1.54) is 0 Å². The molecule has 0 radical (unpaired) electrons. The first-order valence-corrected chi connectivity index (χ1v) is 4.81. The highest BCUT2D eigenvalue weighted by molar-refractivity contribution is 5.80. The van der Waals surface area contributed by atoms with Crippen molar-refractivity contribution in [3.63, 3.8) is 0 Å². The number of H-pyrrole nitrogens is 1. The van der Waals surface area contributed by atoms with Gasteiger partial charge in [0.25, 0.3) is 6.43 Å². The molecule has 0 amide bonds. The summed E-state index contributed by atoms with van der Waals surface area (Å²) in [5, 5.41) is 3.78. The van der Waals surface area contributed by atoms with Crippen molar-refractivity contribution in [2.24, 2.45) is 0 Å². The van der Waals surface area contributed by atoms with E-state index in [-0.39, 0.29) is 6.54 Å². The zero-order valence-corrected chi connectivity index (χ0v) is 8.13. The highest BCUT2D eigenvalue weighted by Crippen LogP contribution is 2.14. The second-order valence-electron chi connectivity index (χ2n) is 3.40. The predicted molar refractivity (Wildman–Crippen MR) is 56.0 cm³/mol. The van der Waals surface area contributed by atoms with Crippen molar-refractivity contribution < 1.29 is 8.78 Å². The van der Waals surface area contributed by atoms with Gasteiger partial charge >= 0.3 is 0 Å². The van der Waals surface area contributed by atoms with Crippen LogP contribution in [0.3, 0.4) is 0 Å². The summed E-state index contributed by atoms with van der Waals surface area (Å²) in [6, 6.07) is 9.81. The minimum absolute atomic E-state index is 0.268. The SMILES string of the molecule is FC(F)CNCc1cc2ccccc2[nH]1. The Kier molecular flexibility index (Phi) is 2.97. The Labute approximate surface area is 86.3 Å². The van der Waals surface area contributed by atoms with Gasteiger partial charge in [-0.3, -0.25) is 0 Å². The Morgan fingerprint density at radius 1 is 1.27 bits per heavy atom. The van der Waals surface area contributed by atoms with Crippen LogP contribution in [0.4, 0.5) is 8.78 Å². The van der Waals surface area contributed by atoms with E-state index in [4.69, 9.17) is 0 Å². The molecule has 0 bridgehead atoms. The summed E-state index contributed by atoms with van der Waals surface area (Å²) in [6.45, 7) is 0.175. The van der Waals surface area contributed by atoms with Crippen LogP contribution in [-0.4, -0.2) is 18.0 Å². The lowest BCUT2D eigenvalue weighted by Crippen LogP contribution is -2.20. The topological polar surface area (TPSA) is 27.8 Å². The van der Waals surface area contributed by atoms with Gasteiger partial charge in [0.15, 0.2) is 0 Å². The number of rotatable bonds is 4. The fourth-order valence-electron chi connectivity index (χ4n) is 1.54. The lowest BCUT2D eigenvalue weighted by molar-refractivity contribution is 0.145. The maximum Gasteiger partial charge on any atom is 0.250 e. The molecule has 1 heterocycles. The first kappa shape index (κ1) is 10.1. The van der Waals surface area contributed by atoms with Gasteiger partial charge in [0.1, 0.15) is 0 Å². The van der Waals surface area contributed by atoms with Gasteiger partial charge in [0, 0.05) is 17.8 Å². The van der Waals surface area contributed by atoms with E-state index in [1.54, 1.807) is 0 Å². The van der Waals surface area contributed by atoms with Crippen LogP contribution in [0.2, 0.25) is 0 Å². The Morgan fingerprint density at radius 2 is 2.07 bits per heavy atom. The van der Waals surface area contributed by atoms with E-state index in [1.807, 2.05) is 30.3 Å². The van der Waals surface area contributed by atoms with Gasteiger partial charge in [-0.1, -0.05) is 18.2 Å². The fourth-order valence-corrected chi connectivity index (χ4v) is 1.54. The van der Waals surface area contributed by atoms with Crippen molar-refractivity contribution >= 4 is 10.9 Å². The van der Waals surface area contributed by atoms with Gasteiger partial charge < -0.3 is 10.3 Å². The number of alkyl halides is 2. The minimum Gasteiger partial charge on any atom is -0.357 e. The molecular weight excluding hydrogens is 198 g/mol. The predicted octanol–water partition coefficient (Wildman–Crippen LogP) is 2.52. The number of halogens is 2. The maximum atomic E-state index is 11.9. The van der Waals surface area contributed by atoms with Gasteiger partial charge in [-0.2, -0.15) is 0 Å². The van der Waals surface area contributed by atoms with Crippen LogP contribution in [0.5, 0.6) is 0 Å². The molecule has 0 aliphatic rings. The van der Waals surface area contributed by atoms with Crippen molar-refractivity contribution in [2.45, 2.75) is 13.0 Å². The second kappa shape index (κ2) is 4.40. The summed E-state index contributed by atoms with van der Waals surface area (Å²) in [4.78, 5) is 3.16. The van der Waals surface area contributed by atoms with Gasteiger partial charge in [0.2, 0.25) is 0 Å². The molecule has 0 atom stereocenters. The van der Waals surface area contributed by atoms with E-state index in [0.717, 1.165) is 16.6 Å². The van der Waals surface area contributed by atoms with Crippen LogP contribution in [0, 0.1) is 0 Å². The number of aromatic amines is 1. The summed E-state index contributed by atoms with van der Waals surface area (Å²) in [5.74, 6) is 0. The molecule has 2 rings (SSSR count).